The van der Waals surface area contributed by atoms with E-state index in [1.165, 1.54) is 33.4 Å². The van der Waals surface area contributed by atoms with Crippen LogP contribution in [-0.2, 0) is 17.8 Å². The molecule has 6 heteroatoms. The van der Waals surface area contributed by atoms with Gasteiger partial charge in [-0.2, -0.15) is 0 Å². The molecule has 0 amide bonds. The molecule has 3 aliphatic heterocycles. The molecular weight excluding hydrogens is 523 g/mol. The number of rotatable bonds is 2. The van der Waals surface area contributed by atoms with E-state index in [1.807, 2.05) is 6.20 Å². The van der Waals surface area contributed by atoms with E-state index in [1.54, 1.807) is 0 Å². The lowest BCUT2D eigenvalue weighted by molar-refractivity contribution is 0.122. The van der Waals surface area contributed by atoms with Crippen molar-refractivity contribution in [2.24, 2.45) is 9.98 Å². The minimum absolute atomic E-state index is 0.773. The number of fused-ring (bicyclic) bond motifs is 2. The van der Waals surface area contributed by atoms with Gasteiger partial charge in [-0.3, -0.25) is 9.98 Å². The first kappa shape index (κ1) is 22.2. The summed E-state index contributed by atoms with van der Waals surface area (Å²) < 4.78 is 6.57. The molecule has 0 bridgehead atoms. The molecule has 168 valence electrons. The van der Waals surface area contributed by atoms with Gasteiger partial charge >= 0.3 is 0 Å². The second kappa shape index (κ2) is 9.73. The van der Waals surface area contributed by atoms with Gasteiger partial charge in [0.15, 0.2) is 0 Å². The normalized spacial score (nSPS) is 16.4. The van der Waals surface area contributed by atoms with E-state index in [0.717, 1.165) is 60.2 Å². The molecule has 3 aliphatic rings. The smallest absolute Gasteiger partial charge is 0.129 e. The average Bonchev–Trinajstić information content (AvgIpc) is 3.43. The third kappa shape index (κ3) is 4.87. The van der Waals surface area contributed by atoms with Crippen molar-refractivity contribution in [2.75, 3.05) is 31.2 Å². The van der Waals surface area contributed by atoms with E-state index in [9.17, 15) is 0 Å². The number of halogens is 1. The van der Waals surface area contributed by atoms with Crippen molar-refractivity contribution < 1.29 is 4.74 Å². The minimum Gasteiger partial charge on any atom is -0.378 e. The number of hydrogen-bond acceptors (Lipinski definition) is 5. The monoisotopic (exact) mass is 550 g/mol. The largest absolute Gasteiger partial charge is 0.378 e. The number of morpholine rings is 1. The minimum atomic E-state index is 0.773. The van der Waals surface area contributed by atoms with E-state index < -0.39 is 0 Å². The highest BCUT2D eigenvalue weighted by molar-refractivity contribution is 14.1. The van der Waals surface area contributed by atoms with Crippen LogP contribution in [0.4, 0.5) is 5.82 Å². The molecule has 3 aromatic rings. The number of aromatic nitrogens is 1. The Morgan fingerprint density at radius 1 is 0.818 bits per heavy atom. The molecule has 6 rings (SSSR count). The van der Waals surface area contributed by atoms with Crippen LogP contribution in [0.3, 0.4) is 0 Å². The fourth-order valence-corrected chi connectivity index (χ4v) is 5.01. The molecule has 33 heavy (non-hydrogen) atoms. The molecule has 0 N–H and O–H groups in total. The lowest BCUT2D eigenvalue weighted by atomic mass is 9.99. The maximum Gasteiger partial charge on any atom is 0.129 e. The molecule has 1 aromatic heterocycles. The molecular formula is C27H27IN4O. The zero-order chi connectivity index (χ0) is 22.8. The van der Waals surface area contributed by atoms with Crippen molar-refractivity contribution in [3.8, 4) is 0 Å². The third-order valence-corrected chi connectivity index (χ3v) is 7.08. The molecule has 2 aromatic carbocycles. The fraction of sp³-hybridized carbons (Fsp3) is 0.296. The Kier molecular flexibility index (Phi) is 6.55. The van der Waals surface area contributed by atoms with Gasteiger partial charge in [0.25, 0.3) is 0 Å². The second-order valence-corrected chi connectivity index (χ2v) is 9.62. The van der Waals surface area contributed by atoms with Gasteiger partial charge in [0.2, 0.25) is 0 Å². The Balaban J connectivity index is 0.000000174. The quantitative estimate of drug-likeness (QED) is 0.409. The Labute approximate surface area is 208 Å². The standard InChI is InChI=1S/C18H19N3O.C9H8IN/c1-13-2-3-15-12-20-18(16(15)10-13)14-4-5-19-17(11-14)21-6-8-22-9-7-21;1-6-2-3-7-5-11-9(10)8(7)4-6/h2-5,10-11H,6-9,12H2,1H3;2-4H,5H2,1H3. The summed E-state index contributed by atoms with van der Waals surface area (Å²) in [5.41, 5.74) is 10.1. The molecule has 1 fully saturated rings. The van der Waals surface area contributed by atoms with E-state index in [-0.39, 0.29) is 0 Å². The second-order valence-electron chi connectivity index (χ2n) is 8.60. The summed E-state index contributed by atoms with van der Waals surface area (Å²) in [5.74, 6) is 1.02. The van der Waals surface area contributed by atoms with Crippen LogP contribution >= 0.6 is 22.6 Å². The van der Waals surface area contributed by atoms with Gasteiger partial charge < -0.3 is 9.64 Å². The fourth-order valence-electron chi connectivity index (χ4n) is 4.34. The summed E-state index contributed by atoms with van der Waals surface area (Å²) in [4.78, 5) is 15.9. The van der Waals surface area contributed by atoms with Crippen LogP contribution in [0.1, 0.15) is 38.9 Å². The SMILES string of the molecule is Cc1ccc2c(c1)C(I)=NC2.Cc1ccc2c(c1)C(c1ccnc(N3CCOCC3)c1)=NC2. The molecule has 0 unspecified atom stereocenters. The van der Waals surface area contributed by atoms with E-state index in [2.05, 4.69) is 99.8 Å². The molecule has 4 heterocycles. The summed E-state index contributed by atoms with van der Waals surface area (Å²) in [6.45, 7) is 9.24. The van der Waals surface area contributed by atoms with E-state index in [0.29, 0.717) is 0 Å². The maximum atomic E-state index is 5.42. The summed E-state index contributed by atoms with van der Waals surface area (Å²) in [5, 5.41) is 0. The van der Waals surface area contributed by atoms with Crippen LogP contribution in [0.2, 0.25) is 0 Å². The summed E-state index contributed by atoms with van der Waals surface area (Å²) >= 11 is 2.29. The number of aryl methyl sites for hydroxylation is 2. The summed E-state index contributed by atoms with van der Waals surface area (Å²) in [7, 11) is 0. The van der Waals surface area contributed by atoms with Crippen LogP contribution in [0, 0.1) is 13.8 Å². The molecule has 1 saturated heterocycles. The topological polar surface area (TPSA) is 50.1 Å². The van der Waals surface area contributed by atoms with Crippen molar-refractivity contribution in [1.82, 2.24) is 4.98 Å². The van der Waals surface area contributed by atoms with Crippen LogP contribution in [-0.4, -0.2) is 40.7 Å². The van der Waals surface area contributed by atoms with Gasteiger partial charge in [-0.15, -0.1) is 0 Å². The Morgan fingerprint density at radius 3 is 2.24 bits per heavy atom. The summed E-state index contributed by atoms with van der Waals surface area (Å²) in [6.07, 6.45) is 1.89. The van der Waals surface area contributed by atoms with Gasteiger partial charge in [0, 0.05) is 36.0 Å². The molecule has 0 atom stereocenters. The molecule has 0 saturated carbocycles. The highest BCUT2D eigenvalue weighted by Crippen LogP contribution is 2.26. The number of pyridine rings is 1. The van der Waals surface area contributed by atoms with E-state index >= 15 is 0 Å². The zero-order valence-electron chi connectivity index (χ0n) is 19.0. The average molecular weight is 550 g/mol. The van der Waals surface area contributed by atoms with Crippen LogP contribution in [0.5, 0.6) is 0 Å². The lowest BCUT2D eigenvalue weighted by Crippen LogP contribution is -2.36. The highest BCUT2D eigenvalue weighted by Gasteiger charge is 2.19. The van der Waals surface area contributed by atoms with Crippen molar-refractivity contribution >= 4 is 37.8 Å². The van der Waals surface area contributed by atoms with Gasteiger partial charge in [-0.25, -0.2) is 4.98 Å². The first-order chi connectivity index (χ1) is 16.1. The zero-order valence-corrected chi connectivity index (χ0v) is 21.2. The molecule has 0 radical (unpaired) electrons. The maximum absolute atomic E-state index is 5.42. The number of ether oxygens (including phenoxy) is 1. The van der Waals surface area contributed by atoms with Gasteiger partial charge in [-0.05, 0) is 71.8 Å². The lowest BCUT2D eigenvalue weighted by Gasteiger charge is -2.28. The van der Waals surface area contributed by atoms with Crippen LogP contribution in [0.15, 0.2) is 64.7 Å². The summed E-state index contributed by atoms with van der Waals surface area (Å²) in [6, 6.07) is 17.3. The highest BCUT2D eigenvalue weighted by atomic mass is 127. The van der Waals surface area contributed by atoms with Crippen molar-refractivity contribution in [1.29, 1.82) is 0 Å². The number of aliphatic imine (C=N–C) groups is 2. The Bertz CT molecular complexity index is 1240. The number of anilines is 1. The third-order valence-electron chi connectivity index (χ3n) is 6.16. The molecule has 0 aliphatic carbocycles. The van der Waals surface area contributed by atoms with Gasteiger partial charge in [0.05, 0.1) is 32.0 Å². The van der Waals surface area contributed by atoms with E-state index in [4.69, 9.17) is 9.73 Å². The van der Waals surface area contributed by atoms with Gasteiger partial charge in [0.1, 0.15) is 9.54 Å². The number of benzene rings is 2. The van der Waals surface area contributed by atoms with Gasteiger partial charge in [-0.1, -0.05) is 35.4 Å². The van der Waals surface area contributed by atoms with Crippen molar-refractivity contribution in [3.05, 3.63) is 93.7 Å². The Morgan fingerprint density at radius 2 is 1.48 bits per heavy atom. The van der Waals surface area contributed by atoms with Crippen molar-refractivity contribution in [3.63, 3.8) is 0 Å². The molecule has 5 nitrogen and oxygen atoms in total. The Hall–Kier alpha value is -2.58. The first-order valence-corrected chi connectivity index (χ1v) is 12.4. The van der Waals surface area contributed by atoms with Crippen molar-refractivity contribution in [2.45, 2.75) is 26.9 Å². The van der Waals surface area contributed by atoms with Crippen LogP contribution < -0.4 is 4.90 Å². The molecule has 0 spiro atoms. The first-order valence-electron chi connectivity index (χ1n) is 11.3. The number of nitrogens with zero attached hydrogens (tertiary/aromatic N) is 4. The van der Waals surface area contributed by atoms with Crippen LogP contribution in [0.25, 0.3) is 0 Å². The number of hydrogen-bond donors (Lipinski definition) is 0. The predicted octanol–water partition coefficient (Wildman–Crippen LogP) is 5.27. The predicted molar refractivity (Wildman–Crippen MR) is 143 cm³/mol.